The van der Waals surface area contributed by atoms with Gasteiger partial charge in [0, 0.05) is 37.8 Å². The average molecular weight is 497 g/mol. The zero-order chi connectivity index (χ0) is 21.8. The van der Waals surface area contributed by atoms with Gasteiger partial charge in [0.2, 0.25) is 9.14 Å². The van der Waals surface area contributed by atoms with E-state index in [-0.39, 0.29) is 9.70 Å². The molecule has 0 bridgehead atoms. The number of anilines is 1. The molecule has 15 heteroatoms. The van der Waals surface area contributed by atoms with Gasteiger partial charge in [-0.1, -0.05) is 23.6 Å². The SMILES string of the molecule is CCN(CC)C(=S)SNc1ccc(S(=O)(=O)/N=c2/sc(S(N)(=O)=O)nn2C)cc1. The third kappa shape index (κ3) is 6.23. The second-order valence-corrected chi connectivity index (χ2v) is 11.3. The van der Waals surface area contributed by atoms with E-state index in [9.17, 15) is 16.8 Å². The Kier molecular flexibility index (Phi) is 7.80. The molecule has 0 saturated heterocycles. The van der Waals surface area contributed by atoms with Gasteiger partial charge in [-0.05, 0) is 38.1 Å². The molecule has 1 aromatic carbocycles. The third-order valence-corrected chi connectivity index (χ3v) is 8.54. The number of hydrogen-bond donors (Lipinski definition) is 2. The molecule has 0 amide bonds. The van der Waals surface area contributed by atoms with Gasteiger partial charge in [-0.25, -0.2) is 18.2 Å². The summed E-state index contributed by atoms with van der Waals surface area (Å²) >= 11 is 7.16. The van der Waals surface area contributed by atoms with Crippen molar-refractivity contribution in [3.63, 3.8) is 0 Å². The molecule has 10 nitrogen and oxygen atoms in total. The van der Waals surface area contributed by atoms with Crippen LogP contribution in [0.1, 0.15) is 13.8 Å². The zero-order valence-electron chi connectivity index (χ0n) is 15.8. The van der Waals surface area contributed by atoms with Crippen LogP contribution >= 0.6 is 35.5 Å². The fourth-order valence-corrected chi connectivity index (χ4v) is 5.90. The fraction of sp³-hybridized carbons (Fsp3) is 0.357. The molecular formula is C14H20N6O4S5. The van der Waals surface area contributed by atoms with Crippen molar-refractivity contribution in [1.29, 1.82) is 0 Å². The Balaban J connectivity index is 2.21. The summed E-state index contributed by atoms with van der Waals surface area (Å²) in [5.74, 6) is 0. The van der Waals surface area contributed by atoms with Crippen molar-refractivity contribution in [1.82, 2.24) is 14.7 Å². The number of primary sulfonamides is 1. The Bertz CT molecular complexity index is 1150. The predicted molar refractivity (Wildman–Crippen MR) is 118 cm³/mol. The molecular weight excluding hydrogens is 477 g/mol. The van der Waals surface area contributed by atoms with E-state index >= 15 is 0 Å². The Hall–Kier alpha value is -1.52. The highest BCUT2D eigenvalue weighted by molar-refractivity contribution is 8.23. The summed E-state index contributed by atoms with van der Waals surface area (Å²) in [6, 6.07) is 5.96. The molecule has 2 aromatic rings. The van der Waals surface area contributed by atoms with Crippen molar-refractivity contribution in [3.05, 3.63) is 29.1 Å². The summed E-state index contributed by atoms with van der Waals surface area (Å²) in [6.07, 6.45) is 0. The maximum Gasteiger partial charge on any atom is 0.285 e. The largest absolute Gasteiger partial charge is 0.357 e. The lowest BCUT2D eigenvalue weighted by atomic mass is 10.3. The van der Waals surface area contributed by atoms with Gasteiger partial charge in [0.15, 0.2) is 4.32 Å². The summed E-state index contributed by atoms with van der Waals surface area (Å²) in [5.41, 5.74) is 0.670. The van der Waals surface area contributed by atoms with Crippen LogP contribution in [0.25, 0.3) is 0 Å². The Morgan fingerprint density at radius 1 is 1.28 bits per heavy atom. The van der Waals surface area contributed by atoms with Crippen LogP contribution in [0, 0.1) is 0 Å². The van der Waals surface area contributed by atoms with Gasteiger partial charge in [-0.15, -0.1) is 9.50 Å². The zero-order valence-corrected chi connectivity index (χ0v) is 19.8. The van der Waals surface area contributed by atoms with Gasteiger partial charge in [0.1, 0.15) is 0 Å². The van der Waals surface area contributed by atoms with Crippen LogP contribution in [0.4, 0.5) is 5.69 Å². The topological polar surface area (TPSA) is 140 Å². The third-order valence-electron chi connectivity index (χ3n) is 3.56. The smallest absolute Gasteiger partial charge is 0.285 e. The van der Waals surface area contributed by atoms with Crippen LogP contribution in [0.2, 0.25) is 0 Å². The first-order valence-electron chi connectivity index (χ1n) is 8.17. The molecule has 3 N–H and O–H groups in total. The molecule has 0 spiro atoms. The number of nitrogens with zero attached hydrogens (tertiary/aromatic N) is 4. The molecule has 29 heavy (non-hydrogen) atoms. The number of nitrogens with one attached hydrogen (secondary N) is 1. The van der Waals surface area contributed by atoms with Crippen molar-refractivity contribution in [2.75, 3.05) is 17.8 Å². The van der Waals surface area contributed by atoms with E-state index < -0.39 is 24.4 Å². The van der Waals surface area contributed by atoms with Gasteiger partial charge >= 0.3 is 0 Å². The molecule has 0 atom stereocenters. The van der Waals surface area contributed by atoms with Crippen LogP contribution in [0.3, 0.4) is 0 Å². The number of aromatic nitrogens is 2. The number of hydrogen-bond acceptors (Lipinski definition) is 9. The minimum absolute atomic E-state index is 0.0510. The second kappa shape index (κ2) is 9.53. The van der Waals surface area contributed by atoms with Crippen LogP contribution in [0.5, 0.6) is 0 Å². The number of benzene rings is 1. The van der Waals surface area contributed by atoms with E-state index in [1.807, 2.05) is 18.7 Å². The van der Waals surface area contributed by atoms with Gasteiger partial charge < -0.3 is 9.62 Å². The standard InChI is InChI=1S/C14H20N6O4S5/c1-4-20(5-2)14(25)27-17-10-6-8-11(9-7-10)29(23,24)18-12-19(3)16-13(26-12)28(15,21)22/h6-9,17H,4-5H2,1-3H3,(H2,15,21,22)/b18-12+. The normalized spacial score (nSPS) is 12.8. The number of thiocarbonyl (C=S) groups is 1. The Labute approximate surface area is 183 Å². The van der Waals surface area contributed by atoms with Crippen LogP contribution in [-0.2, 0) is 27.1 Å². The summed E-state index contributed by atoms with van der Waals surface area (Å²) in [7, 11) is -6.74. The fourth-order valence-electron chi connectivity index (χ4n) is 2.02. The van der Waals surface area contributed by atoms with Crippen LogP contribution in [0.15, 0.2) is 37.9 Å². The van der Waals surface area contributed by atoms with Crippen LogP contribution < -0.4 is 14.7 Å². The van der Waals surface area contributed by atoms with Gasteiger partial charge in [-0.2, -0.15) is 8.42 Å². The number of aryl methyl sites for hydroxylation is 1. The van der Waals surface area contributed by atoms with E-state index in [0.29, 0.717) is 21.3 Å². The maximum atomic E-state index is 12.5. The molecule has 2 rings (SSSR count). The van der Waals surface area contributed by atoms with Gasteiger partial charge in [-0.3, -0.25) is 0 Å². The summed E-state index contributed by atoms with van der Waals surface area (Å²) in [6.45, 7) is 5.61. The number of sulfonamides is 2. The van der Waals surface area contributed by atoms with Gasteiger partial charge in [0.05, 0.1) is 4.90 Å². The van der Waals surface area contributed by atoms with Crippen molar-refractivity contribution < 1.29 is 16.8 Å². The molecule has 0 fully saturated rings. The minimum atomic E-state index is -4.07. The number of rotatable bonds is 7. The summed E-state index contributed by atoms with van der Waals surface area (Å²) in [5, 5.41) is 8.69. The van der Waals surface area contributed by atoms with E-state index in [4.69, 9.17) is 17.4 Å². The minimum Gasteiger partial charge on any atom is -0.357 e. The highest BCUT2D eigenvalue weighted by Gasteiger charge is 2.18. The lowest BCUT2D eigenvalue weighted by molar-refractivity contribution is 0.482. The molecule has 0 saturated carbocycles. The van der Waals surface area contributed by atoms with E-state index in [1.54, 1.807) is 12.1 Å². The summed E-state index contributed by atoms with van der Waals surface area (Å²) < 4.78 is 55.8. The highest BCUT2D eigenvalue weighted by atomic mass is 32.2. The Morgan fingerprint density at radius 3 is 2.34 bits per heavy atom. The van der Waals surface area contributed by atoms with Crippen LogP contribution in [-0.4, -0.2) is 48.9 Å². The summed E-state index contributed by atoms with van der Waals surface area (Å²) in [4.78, 5) is 1.84. The van der Waals surface area contributed by atoms with Gasteiger partial charge in [0.25, 0.3) is 20.0 Å². The molecule has 160 valence electrons. The molecule has 0 radical (unpaired) electrons. The monoisotopic (exact) mass is 496 g/mol. The molecule has 1 aromatic heterocycles. The highest BCUT2D eigenvalue weighted by Crippen LogP contribution is 2.20. The predicted octanol–water partition coefficient (Wildman–Crippen LogP) is 1.11. The van der Waals surface area contributed by atoms with Crippen molar-refractivity contribution in [2.24, 2.45) is 16.6 Å². The molecule has 0 aliphatic heterocycles. The van der Waals surface area contributed by atoms with Crippen molar-refractivity contribution in [2.45, 2.75) is 23.1 Å². The van der Waals surface area contributed by atoms with Crippen molar-refractivity contribution in [3.8, 4) is 0 Å². The van der Waals surface area contributed by atoms with E-state index in [0.717, 1.165) is 17.8 Å². The number of nitrogens with two attached hydrogens (primary N) is 1. The van der Waals surface area contributed by atoms with E-state index in [2.05, 4.69) is 14.2 Å². The van der Waals surface area contributed by atoms with E-state index in [1.165, 1.54) is 31.1 Å². The quantitative estimate of drug-likeness (QED) is 0.426. The molecule has 0 unspecified atom stereocenters. The average Bonchev–Trinajstić information content (AvgIpc) is 3.01. The first kappa shape index (κ1) is 23.8. The molecule has 0 aliphatic rings. The lowest BCUT2D eigenvalue weighted by Gasteiger charge is -2.20. The maximum absolute atomic E-state index is 12.5. The first-order chi connectivity index (χ1) is 13.5. The lowest BCUT2D eigenvalue weighted by Crippen LogP contribution is -2.27. The Morgan fingerprint density at radius 2 is 1.86 bits per heavy atom. The van der Waals surface area contributed by atoms with Crippen molar-refractivity contribution >= 4 is 65.6 Å². The first-order valence-corrected chi connectivity index (χ1v) is 13.2. The molecule has 1 heterocycles. The molecule has 0 aliphatic carbocycles. The second-order valence-electron chi connectivity index (χ2n) is 5.55.